The molecule has 0 saturated heterocycles. The van der Waals surface area contributed by atoms with Gasteiger partial charge in [0.25, 0.3) is 0 Å². The minimum Gasteiger partial charge on any atom is -0.497 e. The number of imidazole rings is 1. The number of benzene rings is 2. The van der Waals surface area contributed by atoms with Gasteiger partial charge < -0.3 is 14.8 Å². The molecule has 1 unspecified atom stereocenters. The smallest absolute Gasteiger partial charge is 0.226 e. The van der Waals surface area contributed by atoms with E-state index in [1.807, 2.05) is 42.5 Å². The number of amides is 1. The van der Waals surface area contributed by atoms with Crippen LogP contribution in [0.5, 0.6) is 11.5 Å². The third-order valence-corrected chi connectivity index (χ3v) is 5.04. The van der Waals surface area contributed by atoms with Gasteiger partial charge in [-0.2, -0.15) is 0 Å². The average Bonchev–Trinajstić information content (AvgIpc) is 3.10. The molecule has 2 aromatic carbocycles. The number of ether oxygens (including phenoxy) is 2. The minimum absolute atomic E-state index is 0.0870. The van der Waals surface area contributed by atoms with Gasteiger partial charge in [-0.05, 0) is 23.8 Å². The molecule has 0 aliphatic carbocycles. The SMILES string of the molecule is COc1ccc(OC)c(-n2cnc3c2NC(=O)CC3c2ccccc2Cl)c1. The first-order valence-corrected chi connectivity index (χ1v) is 8.84. The summed E-state index contributed by atoms with van der Waals surface area (Å²) >= 11 is 6.38. The van der Waals surface area contributed by atoms with Crippen molar-refractivity contribution in [3.8, 4) is 17.2 Å². The number of aromatic nitrogens is 2. The van der Waals surface area contributed by atoms with Crippen molar-refractivity contribution in [3.63, 3.8) is 0 Å². The van der Waals surface area contributed by atoms with Crippen LogP contribution in [0, 0.1) is 0 Å². The number of hydrogen-bond acceptors (Lipinski definition) is 4. The summed E-state index contributed by atoms with van der Waals surface area (Å²) in [6.07, 6.45) is 1.97. The van der Waals surface area contributed by atoms with Gasteiger partial charge in [0, 0.05) is 23.4 Å². The number of nitrogens with one attached hydrogen (secondary N) is 1. The second kappa shape index (κ2) is 6.96. The van der Waals surface area contributed by atoms with Crippen molar-refractivity contribution in [1.29, 1.82) is 0 Å². The van der Waals surface area contributed by atoms with Crippen molar-refractivity contribution in [1.82, 2.24) is 9.55 Å². The Bertz CT molecular complexity index is 1020. The van der Waals surface area contributed by atoms with Crippen molar-refractivity contribution in [2.45, 2.75) is 12.3 Å². The molecule has 6 nitrogen and oxygen atoms in total. The number of anilines is 1. The lowest BCUT2D eigenvalue weighted by Crippen LogP contribution is -2.25. The van der Waals surface area contributed by atoms with Crippen LogP contribution in [0.3, 0.4) is 0 Å². The molecule has 1 amide bonds. The monoisotopic (exact) mass is 383 g/mol. The Morgan fingerprint density at radius 3 is 2.74 bits per heavy atom. The van der Waals surface area contributed by atoms with E-state index in [0.29, 0.717) is 28.8 Å². The Morgan fingerprint density at radius 1 is 1.19 bits per heavy atom. The first-order chi connectivity index (χ1) is 13.1. The maximum Gasteiger partial charge on any atom is 0.226 e. The number of rotatable bonds is 4. The number of hydrogen-bond donors (Lipinski definition) is 1. The highest BCUT2D eigenvalue weighted by Gasteiger charge is 2.32. The van der Waals surface area contributed by atoms with E-state index < -0.39 is 0 Å². The van der Waals surface area contributed by atoms with Crippen LogP contribution < -0.4 is 14.8 Å². The molecule has 0 radical (unpaired) electrons. The molecule has 138 valence electrons. The van der Waals surface area contributed by atoms with Crippen LogP contribution >= 0.6 is 11.6 Å². The maximum absolute atomic E-state index is 12.4. The lowest BCUT2D eigenvalue weighted by atomic mass is 9.90. The predicted octanol–water partition coefficient (Wildman–Crippen LogP) is 4.02. The number of methoxy groups -OCH3 is 2. The van der Waals surface area contributed by atoms with Crippen LogP contribution in [0.15, 0.2) is 48.8 Å². The van der Waals surface area contributed by atoms with Crippen molar-refractivity contribution < 1.29 is 14.3 Å². The normalized spacial score (nSPS) is 15.8. The zero-order valence-corrected chi connectivity index (χ0v) is 15.7. The number of nitrogens with zero attached hydrogens (tertiary/aromatic N) is 2. The van der Waals surface area contributed by atoms with E-state index in [-0.39, 0.29) is 11.8 Å². The zero-order valence-electron chi connectivity index (χ0n) is 14.9. The molecule has 0 bridgehead atoms. The van der Waals surface area contributed by atoms with Gasteiger partial charge in [0.15, 0.2) is 0 Å². The molecule has 1 aromatic heterocycles. The molecular weight excluding hydrogens is 366 g/mol. The summed E-state index contributed by atoms with van der Waals surface area (Å²) in [5.41, 5.74) is 2.39. The summed E-state index contributed by atoms with van der Waals surface area (Å²) in [5, 5.41) is 3.56. The van der Waals surface area contributed by atoms with Gasteiger partial charge in [-0.25, -0.2) is 4.98 Å². The van der Waals surface area contributed by atoms with E-state index in [4.69, 9.17) is 21.1 Å². The number of carbonyl (C=O) groups is 1. The van der Waals surface area contributed by atoms with Crippen molar-refractivity contribution in [2.24, 2.45) is 0 Å². The topological polar surface area (TPSA) is 65.4 Å². The fourth-order valence-corrected chi connectivity index (χ4v) is 3.66. The first-order valence-electron chi connectivity index (χ1n) is 8.46. The van der Waals surface area contributed by atoms with Crippen LogP contribution in [0.2, 0.25) is 5.02 Å². The largest absolute Gasteiger partial charge is 0.497 e. The summed E-state index contributed by atoms with van der Waals surface area (Å²) in [5.74, 6) is 1.64. The van der Waals surface area contributed by atoms with E-state index in [9.17, 15) is 4.79 Å². The van der Waals surface area contributed by atoms with Crippen LogP contribution in [0.4, 0.5) is 5.82 Å². The van der Waals surface area contributed by atoms with Gasteiger partial charge >= 0.3 is 0 Å². The highest BCUT2D eigenvalue weighted by atomic mass is 35.5. The number of fused-ring (bicyclic) bond motifs is 1. The van der Waals surface area contributed by atoms with Gasteiger partial charge in [0.05, 0.1) is 25.6 Å². The summed E-state index contributed by atoms with van der Waals surface area (Å²) in [7, 11) is 3.20. The van der Waals surface area contributed by atoms with Gasteiger partial charge in [0.2, 0.25) is 5.91 Å². The van der Waals surface area contributed by atoms with Crippen LogP contribution in [-0.4, -0.2) is 29.7 Å². The summed E-state index contributed by atoms with van der Waals surface area (Å²) in [6.45, 7) is 0. The van der Waals surface area contributed by atoms with Crippen LogP contribution in [-0.2, 0) is 4.79 Å². The Morgan fingerprint density at radius 2 is 2.00 bits per heavy atom. The second-order valence-corrected chi connectivity index (χ2v) is 6.62. The van der Waals surface area contributed by atoms with E-state index in [1.54, 1.807) is 25.1 Å². The molecule has 0 saturated carbocycles. The van der Waals surface area contributed by atoms with E-state index in [0.717, 1.165) is 16.9 Å². The Kier molecular flexibility index (Phi) is 4.49. The van der Waals surface area contributed by atoms with Crippen molar-refractivity contribution in [3.05, 3.63) is 65.1 Å². The first kappa shape index (κ1) is 17.4. The van der Waals surface area contributed by atoms with Gasteiger partial charge in [0.1, 0.15) is 23.6 Å². The lowest BCUT2D eigenvalue weighted by Gasteiger charge is -2.24. The summed E-state index contributed by atoms with van der Waals surface area (Å²) in [4.78, 5) is 17.0. The quantitative estimate of drug-likeness (QED) is 0.739. The molecule has 0 fully saturated rings. The molecule has 27 heavy (non-hydrogen) atoms. The molecule has 7 heteroatoms. The van der Waals surface area contributed by atoms with Crippen molar-refractivity contribution >= 4 is 23.3 Å². The van der Waals surface area contributed by atoms with Gasteiger partial charge in [-0.1, -0.05) is 29.8 Å². The fourth-order valence-electron chi connectivity index (χ4n) is 3.39. The van der Waals surface area contributed by atoms with Gasteiger partial charge in [-0.3, -0.25) is 9.36 Å². The average molecular weight is 384 g/mol. The highest BCUT2D eigenvalue weighted by Crippen LogP contribution is 2.41. The molecule has 0 spiro atoms. The van der Waals surface area contributed by atoms with E-state index >= 15 is 0 Å². The number of carbonyl (C=O) groups excluding carboxylic acids is 1. The molecule has 1 aliphatic rings. The summed E-state index contributed by atoms with van der Waals surface area (Å²) in [6, 6.07) is 13.0. The molecular formula is C20H18ClN3O3. The second-order valence-electron chi connectivity index (χ2n) is 6.21. The van der Waals surface area contributed by atoms with E-state index in [2.05, 4.69) is 10.3 Å². The molecule has 4 rings (SSSR count). The molecule has 2 heterocycles. The predicted molar refractivity (Wildman–Crippen MR) is 103 cm³/mol. The van der Waals surface area contributed by atoms with Crippen LogP contribution in [0.25, 0.3) is 5.69 Å². The minimum atomic E-state index is -0.208. The summed E-state index contributed by atoms with van der Waals surface area (Å²) < 4.78 is 12.6. The molecule has 3 aromatic rings. The third kappa shape index (κ3) is 3.02. The fraction of sp³-hybridized carbons (Fsp3) is 0.200. The lowest BCUT2D eigenvalue weighted by molar-refractivity contribution is -0.116. The molecule has 1 N–H and O–H groups in total. The Hall–Kier alpha value is -2.99. The molecule has 1 atom stereocenters. The van der Waals surface area contributed by atoms with Crippen LogP contribution in [0.1, 0.15) is 23.6 Å². The van der Waals surface area contributed by atoms with E-state index in [1.165, 1.54) is 0 Å². The Labute approximate surface area is 161 Å². The molecule has 1 aliphatic heterocycles. The number of halogens is 1. The van der Waals surface area contributed by atoms with Crippen molar-refractivity contribution in [2.75, 3.05) is 19.5 Å². The van der Waals surface area contributed by atoms with Gasteiger partial charge in [-0.15, -0.1) is 0 Å². The standard InChI is InChI=1S/C20H18ClN3O3/c1-26-12-7-8-17(27-2)16(9-12)24-11-22-19-14(10-18(25)23-20(19)24)13-5-3-4-6-15(13)21/h3-9,11,14H,10H2,1-2H3,(H,23,25). The zero-order chi connectivity index (χ0) is 19.0. The maximum atomic E-state index is 12.4. The Balaban J connectivity index is 1.87. The third-order valence-electron chi connectivity index (χ3n) is 4.70. The highest BCUT2D eigenvalue weighted by molar-refractivity contribution is 6.31.